The quantitative estimate of drug-likeness (QED) is 0.412. The molecule has 0 radical (unpaired) electrons. The molecular formula is C18H16BrN5O2S. The van der Waals surface area contributed by atoms with Crippen molar-refractivity contribution in [3.05, 3.63) is 71.2 Å². The summed E-state index contributed by atoms with van der Waals surface area (Å²) < 4.78 is 7.49. The van der Waals surface area contributed by atoms with Crippen molar-refractivity contribution in [2.75, 3.05) is 0 Å². The largest absolute Gasteiger partial charge is 1.00 e. The summed E-state index contributed by atoms with van der Waals surface area (Å²) in [5.41, 5.74) is 0.940. The van der Waals surface area contributed by atoms with Gasteiger partial charge in [0.15, 0.2) is 11.0 Å². The molecule has 0 saturated carbocycles. The molecule has 2 aromatic carbocycles. The molecule has 0 spiro atoms. The molecule has 4 aromatic rings. The van der Waals surface area contributed by atoms with Crippen LogP contribution in [0.5, 0.6) is 17.5 Å². The number of hydrogen-bond donors (Lipinski definition) is 0. The predicted molar refractivity (Wildman–Crippen MR) is 95.7 cm³/mol. The molecule has 2 aromatic heterocycles. The Hall–Kier alpha value is -2.78. The highest BCUT2D eigenvalue weighted by molar-refractivity contribution is 7.13. The van der Waals surface area contributed by atoms with Crippen LogP contribution in [0.1, 0.15) is 10.6 Å². The maximum Gasteiger partial charge on any atom is 0.469 e. The van der Waals surface area contributed by atoms with Gasteiger partial charge in [-0.2, -0.15) is 0 Å². The van der Waals surface area contributed by atoms with Gasteiger partial charge in [0.2, 0.25) is 0 Å². The van der Waals surface area contributed by atoms with E-state index >= 15 is 0 Å². The lowest BCUT2D eigenvalue weighted by Crippen LogP contribution is -3.00. The molecule has 0 aliphatic heterocycles. The van der Waals surface area contributed by atoms with E-state index in [1.807, 2.05) is 74.5 Å². The maximum atomic E-state index is 5.89. The van der Waals surface area contributed by atoms with E-state index in [1.54, 1.807) is 4.68 Å². The van der Waals surface area contributed by atoms with Crippen LogP contribution in [0.4, 0.5) is 0 Å². The predicted octanol–water partition coefficient (Wildman–Crippen LogP) is 0.267. The molecular weight excluding hydrogens is 430 g/mol. The molecule has 4 rings (SSSR count). The molecule has 27 heavy (non-hydrogen) atoms. The van der Waals surface area contributed by atoms with E-state index in [1.165, 1.54) is 16.3 Å². The Balaban J connectivity index is 0.00000210. The zero-order chi connectivity index (χ0) is 17.9. The van der Waals surface area contributed by atoms with Gasteiger partial charge in [0.05, 0.1) is 0 Å². The summed E-state index contributed by atoms with van der Waals surface area (Å²) in [7, 11) is 0. The average molecular weight is 446 g/mol. The van der Waals surface area contributed by atoms with Crippen molar-refractivity contribution in [3.63, 3.8) is 0 Å². The molecule has 0 N–H and O–H groups in total. The lowest BCUT2D eigenvalue weighted by atomic mass is 10.3. The fourth-order valence-electron chi connectivity index (χ4n) is 2.23. The Kier molecular flexibility index (Phi) is 5.82. The van der Waals surface area contributed by atoms with E-state index in [0.717, 1.165) is 10.6 Å². The molecule has 0 aliphatic carbocycles. The number of benzene rings is 2. The second kappa shape index (κ2) is 8.28. The number of tetrazole rings is 1. The highest BCUT2D eigenvalue weighted by Gasteiger charge is 2.28. The molecule has 9 heteroatoms. The molecule has 2 heterocycles. The Morgan fingerprint density at radius 2 is 1.56 bits per heavy atom. The zero-order valence-electron chi connectivity index (χ0n) is 14.6. The lowest BCUT2D eigenvalue weighted by molar-refractivity contribution is -0.720. The fraction of sp³-hybridized carbons (Fsp3) is 0.111. The van der Waals surface area contributed by atoms with Crippen molar-refractivity contribution < 1.29 is 31.2 Å². The summed E-state index contributed by atoms with van der Waals surface area (Å²) in [6.45, 7) is 3.97. The van der Waals surface area contributed by atoms with Crippen molar-refractivity contribution >= 4 is 11.3 Å². The van der Waals surface area contributed by atoms with E-state index < -0.39 is 0 Å². The van der Waals surface area contributed by atoms with Gasteiger partial charge in [-0.25, -0.2) is 0 Å². The van der Waals surface area contributed by atoms with Crippen molar-refractivity contribution in [2.45, 2.75) is 13.8 Å². The van der Waals surface area contributed by atoms with Gasteiger partial charge in [0.1, 0.15) is 21.5 Å². The molecule has 0 amide bonds. The van der Waals surface area contributed by atoms with Crippen LogP contribution in [-0.4, -0.2) is 20.3 Å². The molecule has 0 aliphatic rings. The first-order valence-corrected chi connectivity index (χ1v) is 8.81. The smallest absolute Gasteiger partial charge is 0.469 e. The summed E-state index contributed by atoms with van der Waals surface area (Å²) in [6, 6.07) is 19.0. The van der Waals surface area contributed by atoms with Crippen LogP contribution >= 0.6 is 11.3 Å². The summed E-state index contributed by atoms with van der Waals surface area (Å²) in [4.78, 5) is 12.8. The highest BCUT2D eigenvalue weighted by atomic mass is 79.9. The van der Waals surface area contributed by atoms with Crippen molar-refractivity contribution in [3.8, 4) is 22.6 Å². The number of ether oxygens (including phenoxy) is 1. The highest BCUT2D eigenvalue weighted by Crippen LogP contribution is 2.21. The third kappa shape index (κ3) is 4.15. The third-order valence-corrected chi connectivity index (χ3v) is 4.69. The second-order valence-electron chi connectivity index (χ2n) is 5.49. The minimum absolute atomic E-state index is 0. The van der Waals surface area contributed by atoms with Crippen LogP contribution in [0.15, 0.2) is 60.7 Å². The van der Waals surface area contributed by atoms with Crippen LogP contribution in [0, 0.1) is 13.8 Å². The number of halogens is 1. The Bertz CT molecular complexity index is 942. The average Bonchev–Trinajstić information content (AvgIpc) is 3.19. The number of aromatic nitrogens is 5. The van der Waals surface area contributed by atoms with Crippen molar-refractivity contribution in [1.82, 2.24) is 20.3 Å². The second-order valence-corrected chi connectivity index (χ2v) is 6.68. The number of rotatable bonds is 5. The van der Waals surface area contributed by atoms with E-state index in [-0.39, 0.29) is 23.0 Å². The molecule has 7 nitrogen and oxygen atoms in total. The third-order valence-electron chi connectivity index (χ3n) is 3.64. The summed E-state index contributed by atoms with van der Waals surface area (Å²) in [6.07, 6.45) is 0. The van der Waals surface area contributed by atoms with Gasteiger partial charge in [0, 0.05) is 4.88 Å². The number of aryl methyl sites for hydroxylation is 2. The minimum Gasteiger partial charge on any atom is -1.00 e. The first kappa shape index (κ1) is 19.0. The van der Waals surface area contributed by atoms with Crippen LogP contribution in [0.3, 0.4) is 0 Å². The number of hydrogen-bond acceptors (Lipinski definition) is 6. The number of thiazole rings is 1. The number of para-hydroxylation sites is 2. The van der Waals surface area contributed by atoms with Crippen LogP contribution in [0.25, 0.3) is 5.13 Å². The molecule has 0 bridgehead atoms. The van der Waals surface area contributed by atoms with Crippen molar-refractivity contribution in [1.29, 1.82) is 0 Å². The molecule has 0 atom stereocenters. The zero-order valence-corrected chi connectivity index (χ0v) is 17.0. The summed E-state index contributed by atoms with van der Waals surface area (Å²) in [5, 5.41) is 8.85. The lowest BCUT2D eigenvalue weighted by Gasteiger charge is -2.04. The Labute approximate surface area is 170 Å². The summed E-state index contributed by atoms with van der Waals surface area (Å²) >= 11 is 1.51. The van der Waals surface area contributed by atoms with Gasteiger partial charge in [-0.05, 0) is 42.8 Å². The van der Waals surface area contributed by atoms with Crippen LogP contribution in [0.2, 0.25) is 0 Å². The first-order chi connectivity index (χ1) is 12.7. The SMILES string of the molecule is Cc1nc(-[n+]2c(Oc3ccccc3)nnn2Oc2ccccc2)sc1C.[Br-]. The van der Waals surface area contributed by atoms with Gasteiger partial charge in [-0.3, -0.25) is 0 Å². The standard InChI is InChI=1S/C18H16N5O2S.BrH/c1-13-14(2)26-18(19-13)22-17(24-15-9-5-3-6-10-15)20-21-23(22)25-16-11-7-4-8-12-16;/h3-12H,1-2H3;1H/q+1;/p-1. The fourth-order valence-corrected chi connectivity index (χ4v) is 3.11. The van der Waals surface area contributed by atoms with Gasteiger partial charge in [0.25, 0.3) is 0 Å². The van der Waals surface area contributed by atoms with E-state index in [0.29, 0.717) is 16.6 Å². The molecule has 0 unspecified atom stereocenters. The maximum absolute atomic E-state index is 5.89. The normalized spacial score (nSPS) is 10.3. The first-order valence-electron chi connectivity index (χ1n) is 7.99. The topological polar surface area (TPSA) is 65.9 Å². The van der Waals surface area contributed by atoms with E-state index in [4.69, 9.17) is 9.57 Å². The van der Waals surface area contributed by atoms with Gasteiger partial charge in [-0.15, -0.1) is 4.98 Å². The van der Waals surface area contributed by atoms with Crippen LogP contribution < -0.4 is 31.2 Å². The summed E-state index contributed by atoms with van der Waals surface area (Å²) in [5.74, 6) is 1.28. The van der Waals surface area contributed by atoms with Crippen molar-refractivity contribution in [2.24, 2.45) is 0 Å². The minimum atomic E-state index is 0. The van der Waals surface area contributed by atoms with Crippen LogP contribution in [-0.2, 0) is 0 Å². The van der Waals surface area contributed by atoms with E-state index in [2.05, 4.69) is 15.3 Å². The molecule has 138 valence electrons. The number of nitrogens with zero attached hydrogens (tertiary/aromatic N) is 5. The molecule has 0 fully saturated rings. The van der Waals surface area contributed by atoms with E-state index in [9.17, 15) is 0 Å². The molecule has 0 saturated heterocycles. The Morgan fingerprint density at radius 3 is 2.15 bits per heavy atom. The Morgan fingerprint density at radius 1 is 0.926 bits per heavy atom. The van der Waals surface area contributed by atoms with Gasteiger partial charge in [-0.1, -0.05) is 47.7 Å². The van der Waals surface area contributed by atoms with Gasteiger partial charge < -0.3 is 26.6 Å². The monoisotopic (exact) mass is 445 g/mol. The van der Waals surface area contributed by atoms with Gasteiger partial charge >= 0.3 is 11.1 Å².